The van der Waals surface area contributed by atoms with Gasteiger partial charge in [-0.2, -0.15) is 0 Å². The molecule has 0 aliphatic carbocycles. The number of hydrogen-bond donors (Lipinski definition) is 1. The molecule has 7 nitrogen and oxygen atoms in total. The Morgan fingerprint density at radius 3 is 2.85 bits per heavy atom. The Labute approximate surface area is 154 Å². The summed E-state index contributed by atoms with van der Waals surface area (Å²) >= 11 is 0. The minimum absolute atomic E-state index is 0.0404. The SMILES string of the molecule is COC(=O)c1ccccc1N1C(=O)CC(=Cc2c[nH]c3ncccc23)C1=O. The number of carbonyl (C=O) groups excluding carboxylic acids is 3. The van der Waals surface area contributed by atoms with Crippen LogP contribution in [0.15, 0.2) is 54.4 Å². The molecule has 0 atom stereocenters. The van der Waals surface area contributed by atoms with Gasteiger partial charge in [0.2, 0.25) is 5.91 Å². The standard InChI is InChI=1S/C20H15N3O4/c1-27-20(26)15-5-2-3-7-16(15)23-17(24)10-12(19(23)25)9-13-11-22-18-14(13)6-4-8-21-18/h2-9,11H,10H2,1H3,(H,21,22). The third-order valence-corrected chi connectivity index (χ3v) is 4.43. The molecule has 1 saturated heterocycles. The highest BCUT2D eigenvalue weighted by molar-refractivity contribution is 6.30. The number of hydrogen-bond acceptors (Lipinski definition) is 5. The molecule has 1 N–H and O–H groups in total. The smallest absolute Gasteiger partial charge is 0.339 e. The van der Waals surface area contributed by atoms with Crippen LogP contribution in [0, 0.1) is 0 Å². The Balaban J connectivity index is 1.74. The lowest BCUT2D eigenvalue weighted by atomic mass is 10.1. The van der Waals surface area contributed by atoms with Crippen LogP contribution < -0.4 is 4.90 Å². The molecular formula is C20H15N3O4. The lowest BCUT2D eigenvalue weighted by Gasteiger charge is -2.16. The number of amides is 2. The molecule has 27 heavy (non-hydrogen) atoms. The number of aromatic amines is 1. The number of ether oxygens (including phenoxy) is 1. The number of para-hydroxylation sites is 1. The van der Waals surface area contributed by atoms with Gasteiger partial charge < -0.3 is 9.72 Å². The lowest BCUT2D eigenvalue weighted by molar-refractivity contribution is -0.120. The zero-order valence-electron chi connectivity index (χ0n) is 14.4. The van der Waals surface area contributed by atoms with Gasteiger partial charge in [0, 0.05) is 28.9 Å². The Bertz CT molecular complexity index is 1110. The Kier molecular flexibility index (Phi) is 4.04. The predicted octanol–water partition coefficient (Wildman–Crippen LogP) is 2.70. The second kappa shape index (κ2) is 6.53. The van der Waals surface area contributed by atoms with Gasteiger partial charge in [0.15, 0.2) is 0 Å². The molecule has 3 heterocycles. The summed E-state index contributed by atoms with van der Waals surface area (Å²) in [7, 11) is 1.25. The van der Waals surface area contributed by atoms with Crippen molar-refractivity contribution in [1.82, 2.24) is 9.97 Å². The predicted molar refractivity (Wildman–Crippen MR) is 99.0 cm³/mol. The lowest BCUT2D eigenvalue weighted by Crippen LogP contribution is -2.30. The van der Waals surface area contributed by atoms with Gasteiger partial charge in [-0.1, -0.05) is 12.1 Å². The quantitative estimate of drug-likeness (QED) is 0.440. The van der Waals surface area contributed by atoms with Gasteiger partial charge in [-0.25, -0.2) is 14.7 Å². The molecule has 1 aliphatic heterocycles. The first kappa shape index (κ1) is 16.7. The van der Waals surface area contributed by atoms with Gasteiger partial charge >= 0.3 is 5.97 Å². The summed E-state index contributed by atoms with van der Waals surface area (Å²) in [5.41, 5.74) is 2.22. The number of rotatable bonds is 3. The van der Waals surface area contributed by atoms with Gasteiger partial charge in [-0.05, 0) is 30.3 Å². The zero-order chi connectivity index (χ0) is 19.0. The van der Waals surface area contributed by atoms with Crippen molar-refractivity contribution in [3.05, 3.63) is 65.5 Å². The monoisotopic (exact) mass is 361 g/mol. The summed E-state index contributed by atoms with van der Waals surface area (Å²) < 4.78 is 4.75. The molecule has 7 heteroatoms. The molecule has 4 rings (SSSR count). The van der Waals surface area contributed by atoms with E-state index >= 15 is 0 Å². The molecule has 0 unspecified atom stereocenters. The topological polar surface area (TPSA) is 92.4 Å². The Morgan fingerprint density at radius 1 is 1.22 bits per heavy atom. The van der Waals surface area contributed by atoms with E-state index in [4.69, 9.17) is 4.74 Å². The van der Waals surface area contributed by atoms with Crippen LogP contribution in [0.2, 0.25) is 0 Å². The van der Waals surface area contributed by atoms with Crippen molar-refractivity contribution < 1.29 is 19.1 Å². The summed E-state index contributed by atoms with van der Waals surface area (Å²) in [5, 5.41) is 0.860. The summed E-state index contributed by atoms with van der Waals surface area (Å²) in [4.78, 5) is 45.7. The Morgan fingerprint density at radius 2 is 2.04 bits per heavy atom. The molecule has 1 aromatic carbocycles. The highest BCUT2D eigenvalue weighted by Gasteiger charge is 2.37. The molecule has 1 fully saturated rings. The van der Waals surface area contributed by atoms with Crippen molar-refractivity contribution >= 4 is 40.6 Å². The van der Waals surface area contributed by atoms with Crippen molar-refractivity contribution in [2.45, 2.75) is 6.42 Å². The van der Waals surface area contributed by atoms with Crippen molar-refractivity contribution in [1.29, 1.82) is 0 Å². The summed E-state index contributed by atoms with van der Waals surface area (Å²) in [6, 6.07) is 10.1. The van der Waals surface area contributed by atoms with Gasteiger partial charge in [-0.15, -0.1) is 0 Å². The number of fused-ring (bicyclic) bond motifs is 1. The van der Waals surface area contributed by atoms with E-state index in [0.717, 1.165) is 15.8 Å². The molecule has 0 saturated carbocycles. The molecule has 0 bridgehead atoms. The molecule has 2 aromatic heterocycles. The molecule has 0 radical (unpaired) electrons. The first-order valence-corrected chi connectivity index (χ1v) is 8.27. The van der Waals surface area contributed by atoms with E-state index in [1.54, 1.807) is 42.7 Å². The largest absolute Gasteiger partial charge is 0.465 e. The maximum atomic E-state index is 12.9. The van der Waals surface area contributed by atoms with E-state index in [1.807, 2.05) is 6.07 Å². The number of aromatic nitrogens is 2. The van der Waals surface area contributed by atoms with Crippen molar-refractivity contribution in [3.63, 3.8) is 0 Å². The van der Waals surface area contributed by atoms with Gasteiger partial charge in [0.25, 0.3) is 5.91 Å². The number of benzene rings is 1. The second-order valence-corrected chi connectivity index (χ2v) is 6.03. The van der Waals surface area contributed by atoms with Crippen LogP contribution in [0.3, 0.4) is 0 Å². The minimum Gasteiger partial charge on any atom is -0.465 e. The zero-order valence-corrected chi connectivity index (χ0v) is 14.4. The van der Waals surface area contributed by atoms with Crippen molar-refractivity contribution in [2.75, 3.05) is 12.0 Å². The molecule has 2 amide bonds. The molecule has 3 aromatic rings. The van der Waals surface area contributed by atoms with Crippen molar-refractivity contribution in [2.24, 2.45) is 0 Å². The number of H-pyrrole nitrogens is 1. The van der Waals surface area contributed by atoms with E-state index in [0.29, 0.717) is 11.2 Å². The summed E-state index contributed by atoms with van der Waals surface area (Å²) in [6.07, 6.45) is 5.06. The fourth-order valence-electron chi connectivity index (χ4n) is 3.17. The third kappa shape index (κ3) is 2.79. The fourth-order valence-corrected chi connectivity index (χ4v) is 3.17. The van der Waals surface area contributed by atoms with Crippen LogP contribution in [0.5, 0.6) is 0 Å². The van der Waals surface area contributed by atoms with E-state index < -0.39 is 11.9 Å². The summed E-state index contributed by atoms with van der Waals surface area (Å²) in [6.45, 7) is 0. The first-order valence-electron chi connectivity index (χ1n) is 8.27. The second-order valence-electron chi connectivity index (χ2n) is 6.03. The number of pyridine rings is 1. The average Bonchev–Trinajstić information content (AvgIpc) is 3.22. The molecule has 0 spiro atoms. The molecule has 134 valence electrons. The summed E-state index contributed by atoms with van der Waals surface area (Å²) in [5.74, 6) is -1.44. The third-order valence-electron chi connectivity index (χ3n) is 4.43. The fraction of sp³-hybridized carbons (Fsp3) is 0.100. The van der Waals surface area contributed by atoms with Crippen molar-refractivity contribution in [3.8, 4) is 0 Å². The highest BCUT2D eigenvalue weighted by Crippen LogP contribution is 2.31. The van der Waals surface area contributed by atoms with Crippen LogP contribution >= 0.6 is 0 Å². The van der Waals surface area contributed by atoms with Crippen LogP contribution in [-0.4, -0.2) is 34.9 Å². The Hall–Kier alpha value is -3.74. The van der Waals surface area contributed by atoms with Crippen LogP contribution in [0.1, 0.15) is 22.3 Å². The number of imide groups is 1. The number of carbonyl (C=O) groups is 3. The number of methoxy groups -OCH3 is 1. The van der Waals surface area contributed by atoms with Crippen LogP contribution in [0.25, 0.3) is 17.1 Å². The molecular weight excluding hydrogens is 346 g/mol. The first-order chi connectivity index (χ1) is 13.1. The van der Waals surface area contributed by atoms with E-state index in [1.165, 1.54) is 13.2 Å². The van der Waals surface area contributed by atoms with E-state index in [-0.39, 0.29) is 23.6 Å². The number of anilines is 1. The van der Waals surface area contributed by atoms with Gasteiger partial charge in [0.05, 0.1) is 24.8 Å². The highest BCUT2D eigenvalue weighted by atomic mass is 16.5. The maximum absolute atomic E-state index is 12.9. The van der Waals surface area contributed by atoms with Crippen LogP contribution in [0.4, 0.5) is 5.69 Å². The normalized spacial score (nSPS) is 15.7. The average molecular weight is 361 g/mol. The number of nitrogens with zero attached hydrogens (tertiary/aromatic N) is 2. The van der Waals surface area contributed by atoms with E-state index in [9.17, 15) is 14.4 Å². The van der Waals surface area contributed by atoms with E-state index in [2.05, 4.69) is 9.97 Å². The van der Waals surface area contributed by atoms with Crippen LogP contribution in [-0.2, 0) is 14.3 Å². The number of esters is 1. The number of nitrogens with one attached hydrogen (secondary N) is 1. The molecule has 1 aliphatic rings. The van der Waals surface area contributed by atoms with Gasteiger partial charge in [-0.3, -0.25) is 9.59 Å². The van der Waals surface area contributed by atoms with Gasteiger partial charge in [0.1, 0.15) is 5.65 Å². The maximum Gasteiger partial charge on any atom is 0.339 e. The minimum atomic E-state index is -0.605.